The summed E-state index contributed by atoms with van der Waals surface area (Å²) in [7, 11) is 0. The first-order valence-corrected chi connectivity index (χ1v) is 8.15. The number of amides is 1. The lowest BCUT2D eigenvalue weighted by Crippen LogP contribution is -2.44. The zero-order valence-electron chi connectivity index (χ0n) is 12.2. The van der Waals surface area contributed by atoms with E-state index in [0.717, 1.165) is 29.7 Å². The number of hydrogen-bond acceptors (Lipinski definition) is 2. The molecule has 1 unspecified atom stereocenters. The maximum absolute atomic E-state index is 12.8. The molecule has 1 amide bonds. The van der Waals surface area contributed by atoms with Gasteiger partial charge in [-0.25, -0.2) is 0 Å². The molecule has 0 spiro atoms. The minimum Gasteiger partial charge on any atom is -0.336 e. The molecular weight excluding hydrogens is 316 g/mol. The van der Waals surface area contributed by atoms with E-state index in [1.54, 1.807) is 0 Å². The lowest BCUT2D eigenvalue weighted by atomic mass is 9.98. The van der Waals surface area contributed by atoms with Crippen LogP contribution < -0.4 is 5.32 Å². The third-order valence-electron chi connectivity index (χ3n) is 3.84. The smallest absolute Gasteiger partial charge is 0.255 e. The maximum Gasteiger partial charge on any atom is 0.255 e. The Hall–Kier alpha value is -0.870. The van der Waals surface area contributed by atoms with E-state index >= 15 is 0 Å². The van der Waals surface area contributed by atoms with E-state index in [0.29, 0.717) is 5.92 Å². The van der Waals surface area contributed by atoms with Crippen LogP contribution in [0.15, 0.2) is 28.7 Å². The Kier molecular flexibility index (Phi) is 5.61. The molecule has 1 aliphatic rings. The van der Waals surface area contributed by atoms with E-state index in [1.807, 2.05) is 29.2 Å². The molecule has 2 rings (SSSR count). The van der Waals surface area contributed by atoms with E-state index < -0.39 is 0 Å². The normalized spacial score (nSPS) is 19.1. The molecular formula is C16H23BrN2O. The van der Waals surface area contributed by atoms with Crippen LogP contribution in [0.5, 0.6) is 0 Å². The molecule has 1 fully saturated rings. The fourth-order valence-corrected chi connectivity index (χ4v) is 3.13. The molecule has 1 aliphatic heterocycles. The van der Waals surface area contributed by atoms with Gasteiger partial charge in [0, 0.05) is 17.1 Å². The van der Waals surface area contributed by atoms with Crippen molar-refractivity contribution < 1.29 is 4.79 Å². The Morgan fingerprint density at radius 2 is 2.20 bits per heavy atom. The van der Waals surface area contributed by atoms with Crippen LogP contribution in [0.2, 0.25) is 0 Å². The predicted molar refractivity (Wildman–Crippen MR) is 85.9 cm³/mol. The minimum atomic E-state index is 0.123. The molecule has 0 aromatic heterocycles. The second-order valence-electron chi connectivity index (χ2n) is 5.74. The lowest BCUT2D eigenvalue weighted by Gasteiger charge is -2.33. The number of nitrogens with one attached hydrogen (secondary N) is 1. The number of benzene rings is 1. The number of nitrogens with zero attached hydrogens (tertiary/aromatic N) is 1. The van der Waals surface area contributed by atoms with Gasteiger partial charge in [0.2, 0.25) is 0 Å². The summed E-state index contributed by atoms with van der Waals surface area (Å²) in [5.74, 6) is 0.690. The molecule has 0 saturated carbocycles. The molecule has 110 valence electrons. The number of piperidine rings is 1. The Labute approximate surface area is 129 Å². The SMILES string of the molecule is CC(C)N(CC1CCCNC1)C(=O)c1ccccc1Br. The summed E-state index contributed by atoms with van der Waals surface area (Å²) in [6, 6.07) is 7.88. The van der Waals surface area contributed by atoms with Gasteiger partial charge in [0.1, 0.15) is 0 Å². The van der Waals surface area contributed by atoms with Crippen LogP contribution in [0.3, 0.4) is 0 Å². The molecule has 1 atom stereocenters. The lowest BCUT2D eigenvalue weighted by molar-refractivity contribution is 0.0660. The summed E-state index contributed by atoms with van der Waals surface area (Å²) in [6.45, 7) is 7.14. The Bertz CT molecular complexity index is 456. The standard InChI is InChI=1S/C16H23BrN2O/c1-12(2)19(11-13-6-5-9-18-10-13)16(20)14-7-3-4-8-15(14)17/h3-4,7-8,12-13,18H,5-6,9-11H2,1-2H3. The van der Waals surface area contributed by atoms with Gasteiger partial charge in [0.05, 0.1) is 5.56 Å². The quantitative estimate of drug-likeness (QED) is 0.913. The molecule has 4 heteroatoms. The monoisotopic (exact) mass is 338 g/mol. The van der Waals surface area contributed by atoms with Gasteiger partial charge < -0.3 is 10.2 Å². The molecule has 0 bridgehead atoms. The molecule has 3 nitrogen and oxygen atoms in total. The first-order valence-electron chi connectivity index (χ1n) is 7.36. The van der Waals surface area contributed by atoms with Crippen LogP contribution in [-0.4, -0.2) is 36.5 Å². The highest BCUT2D eigenvalue weighted by Gasteiger charge is 2.24. The van der Waals surface area contributed by atoms with Crippen LogP contribution in [0, 0.1) is 5.92 Å². The molecule has 0 radical (unpaired) electrons. The third-order valence-corrected chi connectivity index (χ3v) is 4.53. The van der Waals surface area contributed by atoms with Crippen molar-refractivity contribution in [3.05, 3.63) is 34.3 Å². The average Bonchev–Trinajstić information content (AvgIpc) is 2.45. The zero-order chi connectivity index (χ0) is 14.5. The fourth-order valence-electron chi connectivity index (χ4n) is 2.68. The van der Waals surface area contributed by atoms with Gasteiger partial charge in [0.15, 0.2) is 0 Å². The van der Waals surface area contributed by atoms with Crippen LogP contribution in [-0.2, 0) is 0 Å². The Morgan fingerprint density at radius 3 is 2.80 bits per heavy atom. The number of rotatable bonds is 4. The highest BCUT2D eigenvalue weighted by molar-refractivity contribution is 9.10. The largest absolute Gasteiger partial charge is 0.336 e. The van der Waals surface area contributed by atoms with Crippen molar-refractivity contribution in [2.75, 3.05) is 19.6 Å². The van der Waals surface area contributed by atoms with Crippen molar-refractivity contribution in [1.82, 2.24) is 10.2 Å². The summed E-state index contributed by atoms with van der Waals surface area (Å²) >= 11 is 3.48. The van der Waals surface area contributed by atoms with Gasteiger partial charge in [0.25, 0.3) is 5.91 Å². The minimum absolute atomic E-state index is 0.123. The summed E-state index contributed by atoms with van der Waals surface area (Å²) in [4.78, 5) is 14.8. The maximum atomic E-state index is 12.8. The molecule has 20 heavy (non-hydrogen) atoms. The summed E-state index contributed by atoms with van der Waals surface area (Å²) in [5, 5.41) is 3.42. The van der Waals surface area contributed by atoms with Crippen LogP contribution in [0.1, 0.15) is 37.0 Å². The number of halogens is 1. The van der Waals surface area contributed by atoms with Crippen molar-refractivity contribution >= 4 is 21.8 Å². The van der Waals surface area contributed by atoms with E-state index in [1.165, 1.54) is 12.8 Å². The van der Waals surface area contributed by atoms with Crippen molar-refractivity contribution in [3.63, 3.8) is 0 Å². The van der Waals surface area contributed by atoms with Crippen LogP contribution in [0.4, 0.5) is 0 Å². The molecule has 1 aromatic carbocycles. The van der Waals surface area contributed by atoms with E-state index in [4.69, 9.17) is 0 Å². The second kappa shape index (κ2) is 7.23. The van der Waals surface area contributed by atoms with E-state index in [2.05, 4.69) is 35.1 Å². The van der Waals surface area contributed by atoms with Gasteiger partial charge in [-0.15, -0.1) is 0 Å². The second-order valence-corrected chi connectivity index (χ2v) is 6.60. The van der Waals surface area contributed by atoms with Crippen molar-refractivity contribution in [2.45, 2.75) is 32.7 Å². The van der Waals surface area contributed by atoms with E-state index in [9.17, 15) is 4.79 Å². The first-order chi connectivity index (χ1) is 9.59. The number of carbonyl (C=O) groups excluding carboxylic acids is 1. The predicted octanol–water partition coefficient (Wildman–Crippen LogP) is 3.30. The topological polar surface area (TPSA) is 32.3 Å². The van der Waals surface area contributed by atoms with E-state index in [-0.39, 0.29) is 11.9 Å². The van der Waals surface area contributed by atoms with Crippen molar-refractivity contribution in [1.29, 1.82) is 0 Å². The summed E-state index contributed by atoms with van der Waals surface area (Å²) < 4.78 is 0.873. The highest BCUT2D eigenvalue weighted by atomic mass is 79.9. The van der Waals surface area contributed by atoms with Crippen molar-refractivity contribution in [3.8, 4) is 0 Å². The number of carbonyl (C=O) groups is 1. The zero-order valence-corrected chi connectivity index (χ0v) is 13.8. The molecule has 1 N–H and O–H groups in total. The van der Waals surface area contributed by atoms with Crippen molar-refractivity contribution in [2.24, 2.45) is 5.92 Å². The molecule has 1 aromatic rings. The van der Waals surface area contributed by atoms with Gasteiger partial charge in [-0.05, 0) is 73.8 Å². The first kappa shape index (κ1) is 15.5. The molecule has 1 saturated heterocycles. The Balaban J connectivity index is 2.11. The molecule has 0 aliphatic carbocycles. The van der Waals surface area contributed by atoms with Gasteiger partial charge >= 0.3 is 0 Å². The van der Waals surface area contributed by atoms with Gasteiger partial charge in [-0.1, -0.05) is 12.1 Å². The summed E-state index contributed by atoms with van der Waals surface area (Å²) in [6.07, 6.45) is 2.42. The van der Waals surface area contributed by atoms with Crippen LogP contribution >= 0.6 is 15.9 Å². The van der Waals surface area contributed by atoms with Gasteiger partial charge in [-0.2, -0.15) is 0 Å². The molecule has 1 heterocycles. The fraction of sp³-hybridized carbons (Fsp3) is 0.562. The van der Waals surface area contributed by atoms with Crippen LogP contribution in [0.25, 0.3) is 0 Å². The summed E-state index contributed by atoms with van der Waals surface area (Å²) in [5.41, 5.74) is 0.755. The highest BCUT2D eigenvalue weighted by Crippen LogP contribution is 2.21. The average molecular weight is 339 g/mol. The number of hydrogen-bond donors (Lipinski definition) is 1. The Morgan fingerprint density at radius 1 is 1.45 bits per heavy atom. The third kappa shape index (κ3) is 3.83. The van der Waals surface area contributed by atoms with Gasteiger partial charge in [-0.3, -0.25) is 4.79 Å².